The lowest BCUT2D eigenvalue weighted by Crippen LogP contribution is -2.17. The zero-order valence-electron chi connectivity index (χ0n) is 10.6. The molecule has 0 saturated carbocycles. The third-order valence-electron chi connectivity index (χ3n) is 2.96. The molecule has 0 spiro atoms. The third-order valence-corrected chi connectivity index (χ3v) is 3.77. The zero-order valence-corrected chi connectivity index (χ0v) is 11.4. The molecule has 0 radical (unpaired) electrons. The molecule has 0 aromatic heterocycles. The maximum absolute atomic E-state index is 3.44. The molecule has 1 aromatic rings. The van der Waals surface area contributed by atoms with Crippen molar-refractivity contribution < 1.29 is 0 Å². The van der Waals surface area contributed by atoms with E-state index in [1.807, 2.05) is 11.8 Å². The molecule has 1 N–H and O–H groups in total. The van der Waals surface area contributed by atoms with Crippen molar-refractivity contribution in [2.75, 3.05) is 13.3 Å². The lowest BCUT2D eigenvalue weighted by Gasteiger charge is -2.19. The van der Waals surface area contributed by atoms with Crippen LogP contribution in [-0.2, 0) is 0 Å². The van der Waals surface area contributed by atoms with Crippen molar-refractivity contribution in [1.82, 2.24) is 5.32 Å². The third kappa shape index (κ3) is 3.84. The first-order valence-corrected chi connectivity index (χ1v) is 7.36. The van der Waals surface area contributed by atoms with Gasteiger partial charge in [0, 0.05) is 10.9 Å². The van der Waals surface area contributed by atoms with Crippen LogP contribution in [0.25, 0.3) is 0 Å². The second-order valence-corrected chi connectivity index (χ2v) is 4.93. The van der Waals surface area contributed by atoms with Crippen molar-refractivity contribution in [2.24, 2.45) is 0 Å². The monoisotopic (exact) mass is 237 g/mol. The number of benzene rings is 1. The largest absolute Gasteiger partial charge is 0.313 e. The van der Waals surface area contributed by atoms with Crippen molar-refractivity contribution in [3.63, 3.8) is 0 Å². The molecule has 2 heteroatoms. The van der Waals surface area contributed by atoms with Crippen LogP contribution >= 0.6 is 11.8 Å². The Balaban J connectivity index is 2.69. The molecule has 1 unspecified atom stereocenters. The van der Waals surface area contributed by atoms with Gasteiger partial charge in [0.15, 0.2) is 0 Å². The van der Waals surface area contributed by atoms with Crippen LogP contribution < -0.4 is 5.32 Å². The molecule has 1 atom stereocenters. The average Bonchev–Trinajstić information content (AvgIpc) is 2.35. The van der Waals surface area contributed by atoms with Crippen molar-refractivity contribution in [1.29, 1.82) is 0 Å². The number of rotatable bonds is 7. The Labute approximate surface area is 104 Å². The Morgan fingerprint density at radius 2 is 2.00 bits per heavy atom. The highest BCUT2D eigenvalue weighted by Crippen LogP contribution is 2.28. The number of hydrogen-bond acceptors (Lipinski definition) is 2. The van der Waals surface area contributed by atoms with E-state index in [4.69, 9.17) is 0 Å². The SMILES string of the molecule is CCCCCC(NC)c1ccccc1SC. The second kappa shape index (κ2) is 7.75. The molecule has 1 rings (SSSR count). The number of unbranched alkanes of at least 4 members (excludes halogenated alkanes) is 2. The van der Waals surface area contributed by atoms with Gasteiger partial charge in [0.1, 0.15) is 0 Å². The van der Waals surface area contributed by atoms with Crippen molar-refractivity contribution in [3.05, 3.63) is 29.8 Å². The standard InChI is InChI=1S/C14H23NS/c1-4-5-6-10-13(15-2)12-9-7-8-11-14(12)16-3/h7-9,11,13,15H,4-6,10H2,1-3H3. The maximum Gasteiger partial charge on any atom is 0.0328 e. The highest BCUT2D eigenvalue weighted by Gasteiger charge is 2.11. The van der Waals surface area contributed by atoms with E-state index in [0.717, 1.165) is 0 Å². The normalized spacial score (nSPS) is 12.7. The Morgan fingerprint density at radius 3 is 2.62 bits per heavy atom. The maximum atomic E-state index is 3.44. The van der Waals surface area contributed by atoms with Gasteiger partial charge in [0.2, 0.25) is 0 Å². The highest BCUT2D eigenvalue weighted by atomic mass is 32.2. The molecule has 0 aliphatic rings. The van der Waals surface area contributed by atoms with E-state index in [2.05, 4.69) is 49.8 Å². The first-order chi connectivity index (χ1) is 7.83. The van der Waals surface area contributed by atoms with E-state index in [1.54, 1.807) is 0 Å². The Bertz CT molecular complexity index is 299. The summed E-state index contributed by atoms with van der Waals surface area (Å²) >= 11 is 1.84. The molecule has 16 heavy (non-hydrogen) atoms. The van der Waals surface area contributed by atoms with E-state index >= 15 is 0 Å². The molecule has 1 nitrogen and oxygen atoms in total. The van der Waals surface area contributed by atoms with Gasteiger partial charge in [0.05, 0.1) is 0 Å². The van der Waals surface area contributed by atoms with Crippen LogP contribution in [0.4, 0.5) is 0 Å². The second-order valence-electron chi connectivity index (χ2n) is 4.08. The molecule has 90 valence electrons. The van der Waals surface area contributed by atoms with Gasteiger partial charge in [-0.3, -0.25) is 0 Å². The fraction of sp³-hybridized carbons (Fsp3) is 0.571. The van der Waals surface area contributed by atoms with Crippen LogP contribution in [0.2, 0.25) is 0 Å². The summed E-state index contributed by atoms with van der Waals surface area (Å²) in [5.74, 6) is 0. The lowest BCUT2D eigenvalue weighted by molar-refractivity contribution is 0.506. The minimum absolute atomic E-state index is 0.509. The molecule has 0 saturated heterocycles. The molecule has 0 aliphatic heterocycles. The van der Waals surface area contributed by atoms with E-state index in [9.17, 15) is 0 Å². The summed E-state index contributed by atoms with van der Waals surface area (Å²) < 4.78 is 0. The van der Waals surface area contributed by atoms with E-state index < -0.39 is 0 Å². The summed E-state index contributed by atoms with van der Waals surface area (Å²) in [6, 6.07) is 9.23. The Hall–Kier alpha value is -0.470. The lowest BCUT2D eigenvalue weighted by atomic mass is 10.0. The summed E-state index contributed by atoms with van der Waals surface area (Å²) in [5.41, 5.74) is 1.45. The van der Waals surface area contributed by atoms with Gasteiger partial charge in [-0.05, 0) is 31.4 Å². The molecule has 0 amide bonds. The van der Waals surface area contributed by atoms with Gasteiger partial charge in [-0.2, -0.15) is 0 Å². The van der Waals surface area contributed by atoms with Gasteiger partial charge >= 0.3 is 0 Å². The first-order valence-electron chi connectivity index (χ1n) is 6.13. The van der Waals surface area contributed by atoms with Gasteiger partial charge in [0.25, 0.3) is 0 Å². The summed E-state index contributed by atoms with van der Waals surface area (Å²) in [4.78, 5) is 1.40. The summed E-state index contributed by atoms with van der Waals surface area (Å²) in [6.45, 7) is 2.25. The first kappa shape index (κ1) is 13.6. The quantitative estimate of drug-likeness (QED) is 0.562. The van der Waals surface area contributed by atoms with E-state index in [1.165, 1.54) is 36.1 Å². The van der Waals surface area contributed by atoms with Crippen LogP contribution in [0.15, 0.2) is 29.2 Å². The van der Waals surface area contributed by atoms with Crippen molar-refractivity contribution in [2.45, 2.75) is 43.5 Å². The van der Waals surface area contributed by atoms with Crippen LogP contribution in [0.3, 0.4) is 0 Å². The van der Waals surface area contributed by atoms with Crippen molar-refractivity contribution in [3.8, 4) is 0 Å². The van der Waals surface area contributed by atoms with Crippen LogP contribution in [0.1, 0.15) is 44.2 Å². The minimum Gasteiger partial charge on any atom is -0.313 e. The molecule has 0 bridgehead atoms. The summed E-state index contributed by atoms with van der Waals surface area (Å²) in [5, 5.41) is 3.44. The number of thioether (sulfide) groups is 1. The zero-order chi connectivity index (χ0) is 11.8. The number of hydrogen-bond donors (Lipinski definition) is 1. The van der Waals surface area contributed by atoms with Crippen molar-refractivity contribution >= 4 is 11.8 Å². The van der Waals surface area contributed by atoms with Gasteiger partial charge < -0.3 is 5.32 Å². The summed E-state index contributed by atoms with van der Waals surface area (Å²) in [6.07, 6.45) is 7.32. The predicted octanol–water partition coefficient (Wildman–Crippen LogP) is 4.25. The van der Waals surface area contributed by atoms with E-state index in [0.29, 0.717) is 6.04 Å². The Morgan fingerprint density at radius 1 is 1.25 bits per heavy atom. The van der Waals surface area contributed by atoms with Gasteiger partial charge in [-0.1, -0.05) is 44.4 Å². The van der Waals surface area contributed by atoms with Crippen LogP contribution in [-0.4, -0.2) is 13.3 Å². The topological polar surface area (TPSA) is 12.0 Å². The Kier molecular flexibility index (Phi) is 6.58. The average molecular weight is 237 g/mol. The molecule has 0 fully saturated rings. The minimum atomic E-state index is 0.509. The van der Waals surface area contributed by atoms with E-state index in [-0.39, 0.29) is 0 Å². The fourth-order valence-electron chi connectivity index (χ4n) is 2.01. The molecular formula is C14H23NS. The fourth-order valence-corrected chi connectivity index (χ4v) is 2.67. The molecule has 0 heterocycles. The smallest absolute Gasteiger partial charge is 0.0328 e. The predicted molar refractivity (Wildman–Crippen MR) is 74.2 cm³/mol. The molecule has 0 aliphatic carbocycles. The van der Waals surface area contributed by atoms with Crippen LogP contribution in [0.5, 0.6) is 0 Å². The van der Waals surface area contributed by atoms with Gasteiger partial charge in [-0.15, -0.1) is 11.8 Å². The van der Waals surface area contributed by atoms with Gasteiger partial charge in [-0.25, -0.2) is 0 Å². The molecular weight excluding hydrogens is 214 g/mol. The molecule has 1 aromatic carbocycles. The van der Waals surface area contributed by atoms with Crippen LogP contribution in [0, 0.1) is 0 Å². The number of nitrogens with one attached hydrogen (secondary N) is 1. The summed E-state index contributed by atoms with van der Waals surface area (Å²) in [7, 11) is 2.06. The highest BCUT2D eigenvalue weighted by molar-refractivity contribution is 7.98.